The summed E-state index contributed by atoms with van der Waals surface area (Å²) in [6, 6.07) is 6.73. The molecule has 0 bridgehead atoms. The van der Waals surface area contributed by atoms with Crippen LogP contribution in [0.5, 0.6) is 5.75 Å². The highest BCUT2D eigenvalue weighted by atomic mass is 16.5. The Bertz CT molecular complexity index is 413. The first-order valence-electron chi connectivity index (χ1n) is 6.58. The molecule has 1 saturated heterocycles. The minimum absolute atomic E-state index is 0.269. The molecular weight excluding hydrogens is 244 g/mol. The lowest BCUT2D eigenvalue weighted by atomic mass is 10.1. The van der Waals surface area contributed by atoms with E-state index in [2.05, 4.69) is 4.90 Å². The smallest absolute Gasteiger partial charge is 0.278 e. The maximum Gasteiger partial charge on any atom is 0.278 e. The molecule has 104 valence electrons. The van der Waals surface area contributed by atoms with Crippen LogP contribution in [0, 0.1) is 0 Å². The zero-order valence-corrected chi connectivity index (χ0v) is 11.2. The number of carbonyl (C=O) groups excluding carboxylic acids is 1. The minimum atomic E-state index is -0.381. The van der Waals surface area contributed by atoms with Gasteiger partial charge >= 0.3 is 0 Å². The molecule has 19 heavy (non-hydrogen) atoms. The number of likely N-dealkylation sites (tertiary alicyclic amines) is 1. The molecular formula is C14H20N2O3. The van der Waals surface area contributed by atoms with Gasteiger partial charge in [0.05, 0.1) is 7.11 Å². The first-order chi connectivity index (χ1) is 9.20. The molecule has 1 aromatic carbocycles. The van der Waals surface area contributed by atoms with Crippen LogP contribution >= 0.6 is 0 Å². The molecule has 0 saturated carbocycles. The van der Waals surface area contributed by atoms with Gasteiger partial charge in [-0.05, 0) is 50.2 Å². The fourth-order valence-electron chi connectivity index (χ4n) is 2.24. The van der Waals surface area contributed by atoms with Gasteiger partial charge in [-0.2, -0.15) is 0 Å². The zero-order valence-electron chi connectivity index (χ0n) is 11.2. The third-order valence-corrected chi connectivity index (χ3v) is 3.35. The molecule has 1 N–H and O–H groups in total. The molecule has 0 unspecified atom stereocenters. The minimum Gasteiger partial charge on any atom is -0.497 e. The summed E-state index contributed by atoms with van der Waals surface area (Å²) in [4.78, 5) is 14.1. The highest BCUT2D eigenvalue weighted by Crippen LogP contribution is 2.14. The summed E-state index contributed by atoms with van der Waals surface area (Å²) in [7, 11) is 1.57. The fourth-order valence-corrected chi connectivity index (χ4v) is 2.24. The van der Waals surface area contributed by atoms with Crippen molar-refractivity contribution >= 4 is 5.91 Å². The lowest BCUT2D eigenvalue weighted by Gasteiger charge is -2.29. The maximum absolute atomic E-state index is 12.0. The number of hydrogen-bond acceptors (Lipinski definition) is 4. The third kappa shape index (κ3) is 3.68. The highest BCUT2D eigenvalue weighted by molar-refractivity contribution is 5.93. The molecule has 1 fully saturated rings. The van der Waals surface area contributed by atoms with Crippen LogP contribution in [0.1, 0.15) is 29.6 Å². The van der Waals surface area contributed by atoms with E-state index in [9.17, 15) is 10.0 Å². The number of benzene rings is 1. The Morgan fingerprint density at radius 2 is 1.89 bits per heavy atom. The number of carbonyl (C=O) groups is 1. The third-order valence-electron chi connectivity index (χ3n) is 3.35. The first kappa shape index (κ1) is 13.8. The van der Waals surface area contributed by atoms with E-state index in [1.807, 2.05) is 0 Å². The van der Waals surface area contributed by atoms with Crippen molar-refractivity contribution in [1.29, 1.82) is 0 Å². The second kappa shape index (κ2) is 6.54. The Balaban J connectivity index is 1.93. The summed E-state index contributed by atoms with van der Waals surface area (Å²) in [6.45, 7) is 2.14. The average molecular weight is 264 g/mol. The van der Waals surface area contributed by atoms with E-state index in [0.717, 1.165) is 31.0 Å². The van der Waals surface area contributed by atoms with Gasteiger partial charge in [-0.15, -0.1) is 0 Å². The molecule has 5 nitrogen and oxygen atoms in total. The molecule has 0 spiro atoms. The zero-order chi connectivity index (χ0) is 13.7. The van der Waals surface area contributed by atoms with Crippen LogP contribution in [0.3, 0.4) is 0 Å². The van der Waals surface area contributed by atoms with Crippen molar-refractivity contribution < 1.29 is 14.7 Å². The summed E-state index contributed by atoms with van der Waals surface area (Å²) < 4.78 is 5.04. The van der Waals surface area contributed by atoms with E-state index < -0.39 is 0 Å². The largest absolute Gasteiger partial charge is 0.497 e. The van der Waals surface area contributed by atoms with Crippen molar-refractivity contribution in [3.05, 3.63) is 29.8 Å². The van der Waals surface area contributed by atoms with Crippen LogP contribution in [-0.4, -0.2) is 47.9 Å². The molecule has 0 atom stereocenters. The number of hydroxylamine groups is 2. The molecule has 0 radical (unpaired) electrons. The normalized spacial score (nSPS) is 16.1. The first-order valence-corrected chi connectivity index (χ1v) is 6.58. The fraction of sp³-hybridized carbons (Fsp3) is 0.500. The van der Waals surface area contributed by atoms with E-state index in [4.69, 9.17) is 4.74 Å². The standard InChI is InChI=1S/C14H20N2O3/c1-19-13-7-5-12(6-8-13)14(17)16(18)11-15-9-3-2-4-10-15/h5-8,18H,2-4,9-11H2,1H3. The van der Waals surface area contributed by atoms with E-state index >= 15 is 0 Å². The maximum atomic E-state index is 12.0. The predicted octanol–water partition coefficient (Wildman–Crippen LogP) is 1.97. The number of ether oxygens (including phenoxy) is 1. The lowest BCUT2D eigenvalue weighted by Crippen LogP contribution is -2.41. The molecule has 0 aromatic heterocycles. The van der Waals surface area contributed by atoms with Gasteiger partial charge in [0.15, 0.2) is 0 Å². The number of hydrogen-bond donors (Lipinski definition) is 1. The van der Waals surface area contributed by atoms with E-state index in [-0.39, 0.29) is 12.6 Å². The molecule has 1 aliphatic heterocycles. The summed E-state index contributed by atoms with van der Waals surface area (Å²) in [5, 5.41) is 10.6. The van der Waals surface area contributed by atoms with Crippen molar-refractivity contribution in [1.82, 2.24) is 9.96 Å². The van der Waals surface area contributed by atoms with E-state index in [0.29, 0.717) is 11.3 Å². The molecule has 1 aromatic rings. The van der Waals surface area contributed by atoms with Crippen LogP contribution < -0.4 is 4.74 Å². The Kier molecular flexibility index (Phi) is 4.76. The van der Waals surface area contributed by atoms with Crippen molar-refractivity contribution in [2.45, 2.75) is 19.3 Å². The van der Waals surface area contributed by atoms with Gasteiger partial charge in [-0.25, -0.2) is 5.06 Å². The van der Waals surface area contributed by atoms with Gasteiger partial charge in [0.2, 0.25) is 0 Å². The van der Waals surface area contributed by atoms with Crippen LogP contribution in [-0.2, 0) is 0 Å². The number of amides is 1. The topological polar surface area (TPSA) is 53.0 Å². The molecule has 2 rings (SSSR count). The number of methoxy groups -OCH3 is 1. The molecule has 1 amide bonds. The summed E-state index contributed by atoms with van der Waals surface area (Å²) in [5.74, 6) is 0.310. The van der Waals surface area contributed by atoms with Crippen molar-refractivity contribution in [3.63, 3.8) is 0 Å². The van der Waals surface area contributed by atoms with Gasteiger partial charge in [-0.1, -0.05) is 6.42 Å². The van der Waals surface area contributed by atoms with Gasteiger partial charge in [0, 0.05) is 5.56 Å². The molecule has 1 heterocycles. The SMILES string of the molecule is COc1ccc(C(=O)N(O)CN2CCCCC2)cc1. The lowest BCUT2D eigenvalue weighted by molar-refractivity contribution is -0.0915. The monoisotopic (exact) mass is 264 g/mol. The average Bonchev–Trinajstić information content (AvgIpc) is 2.47. The van der Waals surface area contributed by atoms with E-state index in [1.54, 1.807) is 31.4 Å². The van der Waals surface area contributed by atoms with Gasteiger partial charge in [-0.3, -0.25) is 14.9 Å². The Morgan fingerprint density at radius 3 is 2.47 bits per heavy atom. The van der Waals surface area contributed by atoms with Crippen molar-refractivity contribution in [2.24, 2.45) is 0 Å². The summed E-state index contributed by atoms with van der Waals surface area (Å²) >= 11 is 0. The Morgan fingerprint density at radius 1 is 1.26 bits per heavy atom. The quantitative estimate of drug-likeness (QED) is 0.667. The van der Waals surface area contributed by atoms with Crippen LogP contribution in [0.2, 0.25) is 0 Å². The number of rotatable bonds is 4. The second-order valence-electron chi connectivity index (χ2n) is 4.75. The Labute approximate surface area is 113 Å². The van der Waals surface area contributed by atoms with Crippen molar-refractivity contribution in [2.75, 3.05) is 26.9 Å². The second-order valence-corrected chi connectivity index (χ2v) is 4.75. The predicted molar refractivity (Wildman–Crippen MR) is 71.2 cm³/mol. The van der Waals surface area contributed by atoms with Crippen LogP contribution in [0.15, 0.2) is 24.3 Å². The highest BCUT2D eigenvalue weighted by Gasteiger charge is 2.18. The van der Waals surface area contributed by atoms with Crippen molar-refractivity contribution in [3.8, 4) is 5.75 Å². The van der Waals surface area contributed by atoms with Crippen LogP contribution in [0.4, 0.5) is 0 Å². The molecule has 5 heteroatoms. The van der Waals surface area contributed by atoms with Gasteiger partial charge in [0.1, 0.15) is 12.4 Å². The molecule has 1 aliphatic rings. The van der Waals surface area contributed by atoms with E-state index in [1.165, 1.54) is 6.42 Å². The number of piperidine rings is 1. The summed E-state index contributed by atoms with van der Waals surface area (Å²) in [6.07, 6.45) is 3.49. The Hall–Kier alpha value is -1.59. The van der Waals surface area contributed by atoms with Crippen LogP contribution in [0.25, 0.3) is 0 Å². The summed E-state index contributed by atoms with van der Waals surface area (Å²) in [5.41, 5.74) is 0.459. The van der Waals surface area contributed by atoms with Gasteiger partial charge < -0.3 is 4.74 Å². The molecule has 0 aliphatic carbocycles. The van der Waals surface area contributed by atoms with Gasteiger partial charge in [0.25, 0.3) is 5.91 Å². The number of nitrogens with zero attached hydrogens (tertiary/aromatic N) is 2.